The van der Waals surface area contributed by atoms with Gasteiger partial charge in [0, 0.05) is 12.6 Å². The first-order valence-electron chi connectivity index (χ1n) is 6.53. The van der Waals surface area contributed by atoms with Gasteiger partial charge in [-0.15, -0.1) is 0 Å². The standard InChI is InChI=1S/C14H20ClNO2/c15-13-9-11(10-18)5-6-14(13)16(7-8-17)12-3-1-2-4-12/h5-6,9,12,17-18H,1-4,7-8,10H2. The van der Waals surface area contributed by atoms with Crippen LogP contribution < -0.4 is 4.90 Å². The topological polar surface area (TPSA) is 43.7 Å². The fourth-order valence-electron chi connectivity index (χ4n) is 2.71. The van der Waals surface area contributed by atoms with Crippen LogP contribution in [0.5, 0.6) is 0 Å². The highest BCUT2D eigenvalue weighted by Gasteiger charge is 2.23. The lowest BCUT2D eigenvalue weighted by molar-refractivity contribution is 0.282. The molecular formula is C14H20ClNO2. The Labute approximate surface area is 113 Å². The zero-order chi connectivity index (χ0) is 13.0. The third-order valence-electron chi connectivity index (χ3n) is 3.61. The van der Waals surface area contributed by atoms with Gasteiger partial charge in [0.2, 0.25) is 0 Å². The smallest absolute Gasteiger partial charge is 0.0682 e. The molecule has 1 fully saturated rings. The van der Waals surface area contributed by atoms with Crippen molar-refractivity contribution in [1.82, 2.24) is 0 Å². The lowest BCUT2D eigenvalue weighted by Crippen LogP contribution is -2.35. The van der Waals surface area contributed by atoms with Crippen LogP contribution in [0.2, 0.25) is 5.02 Å². The van der Waals surface area contributed by atoms with Crippen LogP contribution in [0.1, 0.15) is 31.2 Å². The largest absolute Gasteiger partial charge is 0.395 e. The number of aliphatic hydroxyl groups is 2. The second kappa shape index (κ2) is 6.41. The van der Waals surface area contributed by atoms with Gasteiger partial charge in [-0.1, -0.05) is 30.5 Å². The van der Waals surface area contributed by atoms with E-state index in [9.17, 15) is 5.11 Å². The van der Waals surface area contributed by atoms with Crippen molar-refractivity contribution in [3.8, 4) is 0 Å². The van der Waals surface area contributed by atoms with Gasteiger partial charge in [-0.2, -0.15) is 0 Å². The van der Waals surface area contributed by atoms with Crippen LogP contribution in [0.25, 0.3) is 0 Å². The monoisotopic (exact) mass is 269 g/mol. The van der Waals surface area contributed by atoms with E-state index >= 15 is 0 Å². The van der Waals surface area contributed by atoms with Gasteiger partial charge in [0.05, 0.1) is 23.9 Å². The molecule has 18 heavy (non-hydrogen) atoms. The van der Waals surface area contributed by atoms with Gasteiger partial charge in [-0.25, -0.2) is 0 Å². The molecule has 1 aromatic rings. The molecule has 3 nitrogen and oxygen atoms in total. The van der Waals surface area contributed by atoms with Crippen molar-refractivity contribution in [3.05, 3.63) is 28.8 Å². The molecule has 1 aromatic carbocycles. The van der Waals surface area contributed by atoms with Gasteiger partial charge >= 0.3 is 0 Å². The molecule has 4 heteroatoms. The SMILES string of the molecule is OCCN(c1ccc(CO)cc1Cl)C1CCCC1. The van der Waals surface area contributed by atoms with E-state index in [4.69, 9.17) is 16.7 Å². The summed E-state index contributed by atoms with van der Waals surface area (Å²) >= 11 is 6.28. The van der Waals surface area contributed by atoms with Crippen molar-refractivity contribution in [2.24, 2.45) is 0 Å². The Morgan fingerprint density at radius 2 is 1.94 bits per heavy atom. The number of aliphatic hydroxyl groups excluding tert-OH is 2. The maximum absolute atomic E-state index is 9.23. The lowest BCUT2D eigenvalue weighted by atomic mass is 10.1. The first-order valence-corrected chi connectivity index (χ1v) is 6.91. The number of benzene rings is 1. The Morgan fingerprint density at radius 1 is 1.22 bits per heavy atom. The second-order valence-corrected chi connectivity index (χ2v) is 5.21. The number of anilines is 1. The average molecular weight is 270 g/mol. The summed E-state index contributed by atoms with van der Waals surface area (Å²) in [7, 11) is 0. The third kappa shape index (κ3) is 2.97. The van der Waals surface area contributed by atoms with E-state index in [2.05, 4.69) is 4.90 Å². The van der Waals surface area contributed by atoms with Gasteiger partial charge in [-0.05, 0) is 30.5 Å². The Balaban J connectivity index is 2.23. The summed E-state index contributed by atoms with van der Waals surface area (Å²) in [6.45, 7) is 0.751. The second-order valence-electron chi connectivity index (χ2n) is 4.80. The molecule has 2 N–H and O–H groups in total. The molecule has 0 atom stereocenters. The maximum atomic E-state index is 9.23. The predicted octanol–water partition coefficient (Wildman–Crippen LogP) is 2.57. The fourth-order valence-corrected chi connectivity index (χ4v) is 3.02. The van der Waals surface area contributed by atoms with E-state index in [1.807, 2.05) is 12.1 Å². The minimum Gasteiger partial charge on any atom is -0.395 e. The number of nitrogens with zero attached hydrogens (tertiary/aromatic N) is 1. The molecule has 0 spiro atoms. The van der Waals surface area contributed by atoms with Crippen molar-refractivity contribution in [3.63, 3.8) is 0 Å². The molecule has 0 aliphatic heterocycles. The quantitative estimate of drug-likeness (QED) is 0.864. The molecule has 0 amide bonds. The Morgan fingerprint density at radius 3 is 2.50 bits per heavy atom. The van der Waals surface area contributed by atoms with Gasteiger partial charge in [-0.3, -0.25) is 0 Å². The molecule has 1 saturated carbocycles. The summed E-state index contributed by atoms with van der Waals surface area (Å²) in [4.78, 5) is 2.20. The molecule has 0 unspecified atom stereocenters. The van der Waals surface area contributed by atoms with Gasteiger partial charge < -0.3 is 15.1 Å². The van der Waals surface area contributed by atoms with Gasteiger partial charge in [0.15, 0.2) is 0 Å². The molecule has 0 aromatic heterocycles. The first-order chi connectivity index (χ1) is 8.76. The van der Waals surface area contributed by atoms with Gasteiger partial charge in [0.1, 0.15) is 0 Å². The highest BCUT2D eigenvalue weighted by atomic mass is 35.5. The van der Waals surface area contributed by atoms with Crippen molar-refractivity contribution in [2.45, 2.75) is 38.3 Å². The molecular weight excluding hydrogens is 250 g/mol. The zero-order valence-electron chi connectivity index (χ0n) is 10.5. The number of halogens is 1. The lowest BCUT2D eigenvalue weighted by Gasteiger charge is -2.31. The van der Waals surface area contributed by atoms with Crippen LogP contribution in [0, 0.1) is 0 Å². The molecule has 0 radical (unpaired) electrons. The van der Waals surface area contributed by atoms with Crippen LogP contribution in [-0.4, -0.2) is 29.4 Å². The van der Waals surface area contributed by atoms with E-state index in [-0.39, 0.29) is 13.2 Å². The molecule has 1 aliphatic rings. The van der Waals surface area contributed by atoms with Crippen LogP contribution in [0.15, 0.2) is 18.2 Å². The van der Waals surface area contributed by atoms with E-state index in [1.165, 1.54) is 12.8 Å². The minimum atomic E-state index is 0.00340. The van der Waals surface area contributed by atoms with Crippen LogP contribution >= 0.6 is 11.6 Å². The van der Waals surface area contributed by atoms with Crippen molar-refractivity contribution in [2.75, 3.05) is 18.1 Å². The van der Waals surface area contributed by atoms with E-state index in [0.717, 1.165) is 24.1 Å². The molecule has 1 aliphatic carbocycles. The number of hydrogen-bond acceptors (Lipinski definition) is 3. The Bertz CT molecular complexity index is 391. The summed E-state index contributed by atoms with van der Waals surface area (Å²) < 4.78 is 0. The van der Waals surface area contributed by atoms with Crippen molar-refractivity contribution < 1.29 is 10.2 Å². The number of hydrogen-bond donors (Lipinski definition) is 2. The molecule has 0 saturated heterocycles. The van der Waals surface area contributed by atoms with E-state index in [1.54, 1.807) is 6.07 Å². The van der Waals surface area contributed by atoms with Crippen LogP contribution in [0.4, 0.5) is 5.69 Å². The summed E-state index contributed by atoms with van der Waals surface area (Å²) in [5, 5.41) is 19.0. The van der Waals surface area contributed by atoms with E-state index < -0.39 is 0 Å². The van der Waals surface area contributed by atoms with Crippen molar-refractivity contribution in [1.29, 1.82) is 0 Å². The highest BCUT2D eigenvalue weighted by molar-refractivity contribution is 6.33. The van der Waals surface area contributed by atoms with Gasteiger partial charge in [0.25, 0.3) is 0 Å². The maximum Gasteiger partial charge on any atom is 0.0682 e. The number of rotatable bonds is 5. The zero-order valence-corrected chi connectivity index (χ0v) is 11.2. The van der Waals surface area contributed by atoms with E-state index in [0.29, 0.717) is 17.6 Å². The molecule has 0 heterocycles. The summed E-state index contributed by atoms with van der Waals surface area (Å²) in [6, 6.07) is 6.12. The molecule has 2 rings (SSSR count). The highest BCUT2D eigenvalue weighted by Crippen LogP contribution is 2.33. The van der Waals surface area contributed by atoms with Crippen molar-refractivity contribution >= 4 is 17.3 Å². The fraction of sp³-hybridized carbons (Fsp3) is 0.571. The third-order valence-corrected chi connectivity index (χ3v) is 3.91. The Hall–Kier alpha value is -0.770. The Kier molecular flexibility index (Phi) is 4.87. The van der Waals surface area contributed by atoms with Crippen LogP contribution in [-0.2, 0) is 6.61 Å². The summed E-state index contributed by atoms with van der Waals surface area (Å²) in [5.74, 6) is 0. The first kappa shape index (κ1) is 13.7. The normalized spacial score (nSPS) is 16.2. The summed E-state index contributed by atoms with van der Waals surface area (Å²) in [6.07, 6.45) is 4.83. The predicted molar refractivity (Wildman–Crippen MR) is 74.1 cm³/mol. The molecule has 100 valence electrons. The molecule has 0 bridgehead atoms. The van der Waals surface area contributed by atoms with Crippen LogP contribution in [0.3, 0.4) is 0 Å². The average Bonchev–Trinajstić information content (AvgIpc) is 2.90. The minimum absolute atomic E-state index is 0.00340. The summed E-state index contributed by atoms with van der Waals surface area (Å²) in [5.41, 5.74) is 1.79.